The van der Waals surface area contributed by atoms with E-state index in [0.29, 0.717) is 19.3 Å². The van der Waals surface area contributed by atoms with Crippen LogP contribution >= 0.6 is 0 Å². The number of benzene rings is 4. The highest BCUT2D eigenvalue weighted by Crippen LogP contribution is 2.36. The van der Waals surface area contributed by atoms with Gasteiger partial charge in [0.1, 0.15) is 23.9 Å². The minimum atomic E-state index is -0.937. The number of ether oxygens (including phenoxy) is 2. The van der Waals surface area contributed by atoms with Crippen molar-refractivity contribution < 1.29 is 19.4 Å². The highest BCUT2D eigenvalue weighted by Gasteiger charge is 2.23. The predicted octanol–water partition coefficient (Wildman–Crippen LogP) is 8.11. The number of nitrogens with zero attached hydrogens (tertiary/aromatic N) is 2. The summed E-state index contributed by atoms with van der Waals surface area (Å²) in [6.07, 6.45) is 6.61. The number of fused-ring (bicyclic) bond motifs is 1. The van der Waals surface area contributed by atoms with Gasteiger partial charge in [-0.25, -0.2) is 9.78 Å². The van der Waals surface area contributed by atoms with E-state index in [0.717, 1.165) is 64.3 Å². The lowest BCUT2D eigenvalue weighted by molar-refractivity contribution is 0.0697. The van der Waals surface area contributed by atoms with E-state index in [9.17, 15) is 9.90 Å². The van der Waals surface area contributed by atoms with Crippen LogP contribution in [0.15, 0.2) is 97.1 Å². The third-order valence-corrected chi connectivity index (χ3v) is 7.84. The summed E-state index contributed by atoms with van der Waals surface area (Å²) in [5.41, 5.74) is 5.22. The number of imidazole rings is 1. The molecule has 1 heterocycles. The third-order valence-electron chi connectivity index (χ3n) is 7.84. The van der Waals surface area contributed by atoms with Crippen molar-refractivity contribution >= 4 is 17.0 Å². The zero-order chi connectivity index (χ0) is 28.0. The molecule has 6 heteroatoms. The van der Waals surface area contributed by atoms with E-state index in [-0.39, 0.29) is 5.56 Å². The van der Waals surface area contributed by atoms with Crippen LogP contribution in [0.5, 0.6) is 11.5 Å². The van der Waals surface area contributed by atoms with Gasteiger partial charge in [-0.2, -0.15) is 0 Å². The zero-order valence-electron chi connectivity index (χ0n) is 23.0. The van der Waals surface area contributed by atoms with Crippen LogP contribution in [0.3, 0.4) is 0 Å². The summed E-state index contributed by atoms with van der Waals surface area (Å²) in [6.45, 7) is 1.06. The standard InChI is InChI=1S/C35H34N2O4/c38-35(39)28-17-20-32-31(23-28)36-34(37(32)29-12-5-2-6-13-29)27-15-18-30(19-16-27)40-22-21-26-11-7-8-14-33(26)41-24-25-9-3-1-4-10-25/h1,3-4,7-11,14-20,23,29H,2,5-6,12-13,21-22,24H2,(H,38,39). The van der Waals surface area contributed by atoms with Gasteiger partial charge < -0.3 is 19.1 Å². The Balaban J connectivity index is 1.16. The van der Waals surface area contributed by atoms with Gasteiger partial charge in [-0.3, -0.25) is 0 Å². The maximum Gasteiger partial charge on any atom is 0.335 e. The first-order valence-electron chi connectivity index (χ1n) is 14.4. The number of rotatable bonds is 10. The van der Waals surface area contributed by atoms with Crippen molar-refractivity contribution in [3.63, 3.8) is 0 Å². The largest absolute Gasteiger partial charge is 0.493 e. The van der Waals surface area contributed by atoms with E-state index in [1.54, 1.807) is 12.1 Å². The molecule has 1 fully saturated rings. The number of aromatic nitrogens is 2. The predicted molar refractivity (Wildman–Crippen MR) is 161 cm³/mol. The quantitative estimate of drug-likeness (QED) is 0.192. The molecule has 4 aromatic carbocycles. The Morgan fingerprint density at radius 2 is 1.61 bits per heavy atom. The van der Waals surface area contributed by atoms with Gasteiger partial charge in [0.15, 0.2) is 0 Å². The fourth-order valence-corrected chi connectivity index (χ4v) is 5.71. The summed E-state index contributed by atoms with van der Waals surface area (Å²) in [7, 11) is 0. The van der Waals surface area contributed by atoms with E-state index in [2.05, 4.69) is 22.8 Å². The lowest BCUT2D eigenvalue weighted by Gasteiger charge is -2.25. The monoisotopic (exact) mass is 546 g/mol. The minimum Gasteiger partial charge on any atom is -0.493 e. The molecule has 0 aliphatic heterocycles. The lowest BCUT2D eigenvalue weighted by Crippen LogP contribution is -2.14. The molecule has 6 nitrogen and oxygen atoms in total. The molecule has 0 atom stereocenters. The van der Waals surface area contributed by atoms with Gasteiger partial charge in [-0.1, -0.05) is 67.8 Å². The molecule has 1 aliphatic carbocycles. The molecule has 1 aromatic heterocycles. The van der Waals surface area contributed by atoms with Crippen LogP contribution in [0.1, 0.15) is 59.6 Å². The number of hydrogen-bond acceptors (Lipinski definition) is 4. The van der Waals surface area contributed by atoms with E-state index in [4.69, 9.17) is 14.5 Å². The SMILES string of the molecule is O=C(O)c1ccc2c(c1)nc(-c1ccc(OCCc3ccccc3OCc3ccccc3)cc1)n2C1CCCCC1. The first kappa shape index (κ1) is 26.6. The van der Waals surface area contributed by atoms with E-state index >= 15 is 0 Å². The van der Waals surface area contributed by atoms with Crippen LogP contribution in [-0.2, 0) is 13.0 Å². The Hall–Kier alpha value is -4.58. The van der Waals surface area contributed by atoms with Crippen molar-refractivity contribution in [3.8, 4) is 22.9 Å². The summed E-state index contributed by atoms with van der Waals surface area (Å²) in [5, 5.41) is 9.49. The molecular weight excluding hydrogens is 512 g/mol. The molecule has 1 aliphatic rings. The minimum absolute atomic E-state index is 0.258. The number of carboxylic acids is 1. The number of carboxylic acid groups (broad SMARTS) is 1. The van der Waals surface area contributed by atoms with Gasteiger partial charge in [0, 0.05) is 18.0 Å². The average molecular weight is 547 g/mol. The molecule has 1 N–H and O–H groups in total. The molecule has 0 amide bonds. The molecule has 0 spiro atoms. The molecule has 0 bridgehead atoms. The topological polar surface area (TPSA) is 73.6 Å². The van der Waals surface area contributed by atoms with Crippen molar-refractivity contribution in [1.29, 1.82) is 0 Å². The molecule has 208 valence electrons. The first-order valence-corrected chi connectivity index (χ1v) is 14.4. The van der Waals surface area contributed by atoms with Gasteiger partial charge in [0.25, 0.3) is 0 Å². The summed E-state index contributed by atoms with van der Waals surface area (Å²) in [4.78, 5) is 16.5. The average Bonchev–Trinajstić information content (AvgIpc) is 3.41. The molecule has 41 heavy (non-hydrogen) atoms. The second-order valence-corrected chi connectivity index (χ2v) is 10.6. The van der Waals surface area contributed by atoms with Crippen LogP contribution in [0.2, 0.25) is 0 Å². The van der Waals surface area contributed by atoms with Crippen LogP contribution in [0.25, 0.3) is 22.4 Å². The molecular formula is C35H34N2O4. The summed E-state index contributed by atoms with van der Waals surface area (Å²) < 4.78 is 14.5. The number of hydrogen-bond donors (Lipinski definition) is 1. The number of para-hydroxylation sites is 1. The Bertz CT molecular complexity index is 1620. The van der Waals surface area contributed by atoms with Crippen molar-refractivity contribution in [2.75, 3.05) is 6.61 Å². The Morgan fingerprint density at radius 3 is 2.39 bits per heavy atom. The Labute approximate surface area is 240 Å². The van der Waals surface area contributed by atoms with Crippen molar-refractivity contribution in [2.45, 2.75) is 51.2 Å². The smallest absolute Gasteiger partial charge is 0.335 e. The third kappa shape index (κ3) is 6.12. The highest BCUT2D eigenvalue weighted by molar-refractivity contribution is 5.93. The fourth-order valence-electron chi connectivity index (χ4n) is 5.71. The van der Waals surface area contributed by atoms with Crippen LogP contribution in [-0.4, -0.2) is 27.2 Å². The van der Waals surface area contributed by atoms with Crippen LogP contribution in [0.4, 0.5) is 0 Å². The van der Waals surface area contributed by atoms with E-state index < -0.39 is 5.97 Å². The fraction of sp³-hybridized carbons (Fsp3) is 0.257. The Kier molecular flexibility index (Phi) is 7.99. The maximum atomic E-state index is 11.6. The second kappa shape index (κ2) is 12.3. The molecule has 6 rings (SSSR count). The van der Waals surface area contributed by atoms with Crippen LogP contribution < -0.4 is 9.47 Å². The number of aromatic carboxylic acids is 1. The van der Waals surface area contributed by atoms with Gasteiger partial charge in [-0.15, -0.1) is 0 Å². The summed E-state index contributed by atoms with van der Waals surface area (Å²) in [6, 6.07) is 32.0. The molecule has 0 unspecified atom stereocenters. The van der Waals surface area contributed by atoms with Gasteiger partial charge in [0.2, 0.25) is 0 Å². The zero-order valence-corrected chi connectivity index (χ0v) is 23.0. The highest BCUT2D eigenvalue weighted by atomic mass is 16.5. The summed E-state index contributed by atoms with van der Waals surface area (Å²) in [5.74, 6) is 1.62. The first-order chi connectivity index (χ1) is 20.2. The Morgan fingerprint density at radius 1 is 0.854 bits per heavy atom. The molecule has 0 radical (unpaired) electrons. The van der Waals surface area contributed by atoms with Gasteiger partial charge >= 0.3 is 5.97 Å². The molecule has 5 aromatic rings. The van der Waals surface area contributed by atoms with Crippen molar-refractivity contribution in [2.24, 2.45) is 0 Å². The normalized spacial score (nSPS) is 13.8. The van der Waals surface area contributed by atoms with Crippen molar-refractivity contribution in [1.82, 2.24) is 9.55 Å². The summed E-state index contributed by atoms with van der Waals surface area (Å²) >= 11 is 0. The second-order valence-electron chi connectivity index (χ2n) is 10.6. The number of carbonyl (C=O) groups is 1. The lowest BCUT2D eigenvalue weighted by atomic mass is 9.95. The van der Waals surface area contributed by atoms with Crippen molar-refractivity contribution in [3.05, 3.63) is 114 Å². The van der Waals surface area contributed by atoms with Gasteiger partial charge in [0.05, 0.1) is 23.2 Å². The maximum absolute atomic E-state index is 11.6. The van der Waals surface area contributed by atoms with E-state index in [1.165, 1.54) is 19.3 Å². The van der Waals surface area contributed by atoms with Crippen LogP contribution in [0, 0.1) is 0 Å². The molecule has 1 saturated carbocycles. The molecule has 0 saturated heterocycles. The van der Waals surface area contributed by atoms with E-state index in [1.807, 2.05) is 66.7 Å². The van der Waals surface area contributed by atoms with Gasteiger partial charge in [-0.05, 0) is 72.5 Å².